The molecule has 0 radical (unpaired) electrons. The van der Waals surface area contributed by atoms with Crippen LogP contribution in [0.5, 0.6) is 0 Å². The maximum Gasteiger partial charge on any atom is 0.125 e. The Kier molecular flexibility index (Phi) is 3.28. The van der Waals surface area contributed by atoms with Gasteiger partial charge in [-0.3, -0.25) is 0 Å². The molecule has 19 heavy (non-hydrogen) atoms. The van der Waals surface area contributed by atoms with Crippen LogP contribution in [-0.2, 0) is 6.54 Å². The molecule has 3 aromatic rings. The van der Waals surface area contributed by atoms with Crippen molar-refractivity contribution in [1.82, 2.24) is 9.97 Å². The summed E-state index contributed by atoms with van der Waals surface area (Å²) in [6.45, 7) is 0.706. The summed E-state index contributed by atoms with van der Waals surface area (Å²) < 4.78 is 0. The van der Waals surface area contributed by atoms with Gasteiger partial charge in [-0.2, -0.15) is 0 Å². The molecule has 2 N–H and O–H groups in total. The first-order chi connectivity index (χ1) is 9.42. The van der Waals surface area contributed by atoms with Crippen molar-refractivity contribution in [3.05, 3.63) is 72.8 Å². The van der Waals surface area contributed by atoms with Crippen molar-refractivity contribution in [2.24, 2.45) is 0 Å². The summed E-state index contributed by atoms with van der Waals surface area (Å²) >= 11 is 0. The van der Waals surface area contributed by atoms with Gasteiger partial charge >= 0.3 is 0 Å². The van der Waals surface area contributed by atoms with Crippen LogP contribution in [0.1, 0.15) is 5.82 Å². The molecule has 0 bridgehead atoms. The summed E-state index contributed by atoms with van der Waals surface area (Å²) in [7, 11) is 0. The Morgan fingerprint density at radius 1 is 0.895 bits per heavy atom. The van der Waals surface area contributed by atoms with E-state index in [0.717, 1.165) is 11.5 Å². The second-order valence-corrected chi connectivity index (χ2v) is 4.33. The second-order valence-electron chi connectivity index (χ2n) is 4.33. The van der Waals surface area contributed by atoms with Crippen molar-refractivity contribution in [2.75, 3.05) is 5.32 Å². The van der Waals surface area contributed by atoms with E-state index in [1.165, 1.54) is 11.1 Å². The van der Waals surface area contributed by atoms with Gasteiger partial charge in [0.1, 0.15) is 5.82 Å². The molecule has 94 valence electrons. The van der Waals surface area contributed by atoms with E-state index in [1.54, 1.807) is 6.20 Å². The predicted molar refractivity (Wildman–Crippen MR) is 77.8 cm³/mol. The summed E-state index contributed by atoms with van der Waals surface area (Å²) in [6, 6.07) is 18.8. The van der Waals surface area contributed by atoms with E-state index >= 15 is 0 Å². The predicted octanol–water partition coefficient (Wildman–Crippen LogP) is 3.69. The number of hydrogen-bond donors (Lipinski definition) is 2. The lowest BCUT2D eigenvalue weighted by atomic mass is 10.1. The Morgan fingerprint density at radius 2 is 1.63 bits per heavy atom. The van der Waals surface area contributed by atoms with Gasteiger partial charge < -0.3 is 10.3 Å². The number of nitrogens with zero attached hydrogens (tertiary/aromatic N) is 1. The zero-order valence-electron chi connectivity index (χ0n) is 10.5. The van der Waals surface area contributed by atoms with Gasteiger partial charge in [0.15, 0.2) is 0 Å². The molecule has 1 aromatic heterocycles. The second kappa shape index (κ2) is 5.40. The molecule has 3 nitrogen and oxygen atoms in total. The number of aromatic amines is 1. The van der Waals surface area contributed by atoms with Gasteiger partial charge in [-0.05, 0) is 23.3 Å². The van der Waals surface area contributed by atoms with E-state index in [1.807, 2.05) is 12.3 Å². The smallest absolute Gasteiger partial charge is 0.125 e. The normalized spacial score (nSPS) is 10.3. The van der Waals surface area contributed by atoms with E-state index < -0.39 is 0 Å². The van der Waals surface area contributed by atoms with E-state index in [0.29, 0.717) is 6.54 Å². The van der Waals surface area contributed by atoms with Crippen molar-refractivity contribution in [3.63, 3.8) is 0 Å². The molecule has 0 fully saturated rings. The highest BCUT2D eigenvalue weighted by atomic mass is 15.0. The van der Waals surface area contributed by atoms with Crippen LogP contribution in [0, 0.1) is 0 Å². The monoisotopic (exact) mass is 249 g/mol. The fourth-order valence-corrected chi connectivity index (χ4v) is 1.99. The minimum absolute atomic E-state index is 0.706. The number of benzene rings is 2. The fraction of sp³-hybridized carbons (Fsp3) is 0.0625. The Bertz CT molecular complexity index is 613. The summed E-state index contributed by atoms with van der Waals surface area (Å²) in [5.41, 5.74) is 3.56. The van der Waals surface area contributed by atoms with Crippen LogP contribution in [0.4, 0.5) is 5.69 Å². The quantitative estimate of drug-likeness (QED) is 0.740. The first kappa shape index (κ1) is 11.5. The van der Waals surface area contributed by atoms with Crippen LogP contribution < -0.4 is 5.32 Å². The van der Waals surface area contributed by atoms with E-state index in [-0.39, 0.29) is 0 Å². The van der Waals surface area contributed by atoms with Crippen molar-refractivity contribution < 1.29 is 0 Å². The van der Waals surface area contributed by atoms with Gasteiger partial charge in [0, 0.05) is 18.1 Å². The highest BCUT2D eigenvalue weighted by molar-refractivity contribution is 5.65. The number of H-pyrrole nitrogens is 1. The Labute approximate surface area is 112 Å². The average Bonchev–Trinajstić information content (AvgIpc) is 3.00. The molecule has 3 rings (SSSR count). The molecule has 1 heterocycles. The van der Waals surface area contributed by atoms with Crippen molar-refractivity contribution in [1.29, 1.82) is 0 Å². The van der Waals surface area contributed by atoms with E-state index in [4.69, 9.17) is 0 Å². The number of rotatable bonds is 4. The standard InChI is InChI=1S/C16H15N3/c1-2-4-13(5-3-1)14-6-8-15(9-7-14)19-12-16-17-10-11-18-16/h1-11,19H,12H2,(H,17,18). The Morgan fingerprint density at radius 3 is 2.32 bits per heavy atom. The SMILES string of the molecule is c1ccc(-c2ccc(NCc3ncc[nH]3)cc2)cc1. The topological polar surface area (TPSA) is 40.7 Å². The number of imidazole rings is 1. The highest BCUT2D eigenvalue weighted by Crippen LogP contribution is 2.21. The molecule has 0 saturated heterocycles. The van der Waals surface area contributed by atoms with E-state index in [2.05, 4.69) is 63.8 Å². The number of anilines is 1. The summed E-state index contributed by atoms with van der Waals surface area (Å²) in [6.07, 6.45) is 3.59. The van der Waals surface area contributed by atoms with Crippen LogP contribution >= 0.6 is 0 Å². The lowest BCUT2D eigenvalue weighted by molar-refractivity contribution is 1.00. The molecule has 0 spiro atoms. The third-order valence-corrected chi connectivity index (χ3v) is 3.01. The summed E-state index contributed by atoms with van der Waals surface area (Å²) in [5, 5.41) is 3.33. The van der Waals surface area contributed by atoms with Crippen molar-refractivity contribution in [2.45, 2.75) is 6.54 Å². The van der Waals surface area contributed by atoms with Crippen LogP contribution in [0.3, 0.4) is 0 Å². The van der Waals surface area contributed by atoms with Crippen LogP contribution in [0.2, 0.25) is 0 Å². The minimum Gasteiger partial charge on any atom is -0.378 e. The van der Waals surface area contributed by atoms with Crippen LogP contribution in [0.15, 0.2) is 67.0 Å². The highest BCUT2D eigenvalue weighted by Gasteiger charge is 1.98. The van der Waals surface area contributed by atoms with Crippen LogP contribution in [0.25, 0.3) is 11.1 Å². The third kappa shape index (κ3) is 2.83. The Balaban J connectivity index is 1.69. The largest absolute Gasteiger partial charge is 0.378 e. The lowest BCUT2D eigenvalue weighted by Crippen LogP contribution is -2.00. The molecule has 0 aliphatic rings. The van der Waals surface area contributed by atoms with Crippen molar-refractivity contribution >= 4 is 5.69 Å². The van der Waals surface area contributed by atoms with Gasteiger partial charge in [0.05, 0.1) is 6.54 Å². The zero-order valence-corrected chi connectivity index (χ0v) is 10.5. The maximum absolute atomic E-state index is 4.18. The van der Waals surface area contributed by atoms with E-state index in [9.17, 15) is 0 Å². The molecule has 3 heteroatoms. The van der Waals surface area contributed by atoms with Crippen molar-refractivity contribution in [3.8, 4) is 11.1 Å². The number of aromatic nitrogens is 2. The molecule has 2 aromatic carbocycles. The molecule has 0 aliphatic heterocycles. The van der Waals surface area contributed by atoms with Gasteiger partial charge in [0.2, 0.25) is 0 Å². The molecule has 0 amide bonds. The zero-order chi connectivity index (χ0) is 12.9. The number of hydrogen-bond acceptors (Lipinski definition) is 2. The lowest BCUT2D eigenvalue weighted by Gasteiger charge is -2.06. The molecule has 0 unspecified atom stereocenters. The maximum atomic E-state index is 4.18. The van der Waals surface area contributed by atoms with Gasteiger partial charge in [-0.25, -0.2) is 4.98 Å². The molecule has 0 saturated carbocycles. The molecule has 0 atom stereocenters. The van der Waals surface area contributed by atoms with Gasteiger partial charge in [0.25, 0.3) is 0 Å². The Hall–Kier alpha value is -2.55. The first-order valence-electron chi connectivity index (χ1n) is 6.29. The average molecular weight is 249 g/mol. The molecule has 0 aliphatic carbocycles. The summed E-state index contributed by atoms with van der Waals surface area (Å²) in [5.74, 6) is 0.937. The minimum atomic E-state index is 0.706. The fourth-order valence-electron chi connectivity index (χ4n) is 1.99. The van der Waals surface area contributed by atoms with Crippen LogP contribution in [-0.4, -0.2) is 9.97 Å². The third-order valence-electron chi connectivity index (χ3n) is 3.01. The number of nitrogens with one attached hydrogen (secondary N) is 2. The molecular formula is C16H15N3. The van der Waals surface area contributed by atoms with Gasteiger partial charge in [-0.1, -0.05) is 42.5 Å². The summed E-state index contributed by atoms with van der Waals surface area (Å²) in [4.78, 5) is 7.25. The van der Waals surface area contributed by atoms with Gasteiger partial charge in [-0.15, -0.1) is 0 Å². The first-order valence-corrected chi connectivity index (χ1v) is 6.29. The molecular weight excluding hydrogens is 234 g/mol.